The molecule has 1 saturated carbocycles. The molecule has 1 fully saturated rings. The van der Waals surface area contributed by atoms with Gasteiger partial charge in [0, 0.05) is 6.04 Å². The number of alkyl halides is 3. The SMILES string of the molecule is CCC(CC)NC(=O)CNC1(C(F)(F)F)CC1. The maximum atomic E-state index is 12.5. The molecule has 1 amide bonds. The molecule has 100 valence electrons. The molecule has 0 aromatic rings. The summed E-state index contributed by atoms with van der Waals surface area (Å²) in [7, 11) is 0. The Hall–Kier alpha value is -0.780. The quantitative estimate of drug-likeness (QED) is 0.759. The van der Waals surface area contributed by atoms with E-state index in [-0.39, 0.29) is 31.3 Å². The third kappa shape index (κ3) is 3.59. The minimum absolute atomic E-state index is 0.0466. The highest BCUT2D eigenvalue weighted by atomic mass is 19.4. The number of rotatable bonds is 6. The summed E-state index contributed by atoms with van der Waals surface area (Å²) in [5, 5.41) is 5.03. The highest BCUT2D eigenvalue weighted by molar-refractivity contribution is 5.78. The Morgan fingerprint density at radius 3 is 2.18 bits per heavy atom. The van der Waals surface area contributed by atoms with Gasteiger partial charge in [-0.15, -0.1) is 0 Å². The molecule has 3 nitrogen and oxygen atoms in total. The van der Waals surface area contributed by atoms with Gasteiger partial charge in [0.15, 0.2) is 0 Å². The Balaban J connectivity index is 2.34. The lowest BCUT2D eigenvalue weighted by atomic mass is 10.2. The van der Waals surface area contributed by atoms with Gasteiger partial charge >= 0.3 is 6.18 Å². The van der Waals surface area contributed by atoms with E-state index in [4.69, 9.17) is 0 Å². The fourth-order valence-electron chi connectivity index (χ4n) is 1.71. The summed E-state index contributed by atoms with van der Waals surface area (Å²) in [5.74, 6) is -0.366. The average molecular weight is 252 g/mol. The minimum Gasteiger partial charge on any atom is -0.352 e. The van der Waals surface area contributed by atoms with Crippen molar-refractivity contribution in [2.24, 2.45) is 0 Å². The van der Waals surface area contributed by atoms with Crippen molar-refractivity contribution in [3.05, 3.63) is 0 Å². The van der Waals surface area contributed by atoms with Crippen LogP contribution >= 0.6 is 0 Å². The van der Waals surface area contributed by atoms with Crippen LogP contribution in [-0.4, -0.2) is 30.2 Å². The van der Waals surface area contributed by atoms with Crippen LogP contribution in [0.4, 0.5) is 13.2 Å². The molecule has 2 N–H and O–H groups in total. The molecule has 0 spiro atoms. The van der Waals surface area contributed by atoms with Crippen LogP contribution in [-0.2, 0) is 4.79 Å². The van der Waals surface area contributed by atoms with Crippen LogP contribution in [0.15, 0.2) is 0 Å². The van der Waals surface area contributed by atoms with Crippen molar-refractivity contribution >= 4 is 5.91 Å². The van der Waals surface area contributed by atoms with Crippen molar-refractivity contribution in [1.29, 1.82) is 0 Å². The van der Waals surface area contributed by atoms with Crippen LogP contribution in [0.2, 0.25) is 0 Å². The zero-order valence-electron chi connectivity index (χ0n) is 10.2. The van der Waals surface area contributed by atoms with Gasteiger partial charge in [-0.25, -0.2) is 0 Å². The van der Waals surface area contributed by atoms with E-state index in [1.54, 1.807) is 0 Å². The summed E-state index contributed by atoms with van der Waals surface area (Å²) in [6, 6.07) is 0.0466. The molecule has 0 atom stereocenters. The number of hydrogen-bond acceptors (Lipinski definition) is 2. The highest BCUT2D eigenvalue weighted by Gasteiger charge is 2.63. The van der Waals surface area contributed by atoms with Gasteiger partial charge in [-0.3, -0.25) is 10.1 Å². The molecule has 0 saturated heterocycles. The lowest BCUT2D eigenvalue weighted by molar-refractivity contribution is -0.166. The number of hydrogen-bond donors (Lipinski definition) is 2. The van der Waals surface area contributed by atoms with Gasteiger partial charge in [0.05, 0.1) is 6.54 Å². The maximum Gasteiger partial charge on any atom is 0.406 e. The van der Waals surface area contributed by atoms with Gasteiger partial charge in [0.25, 0.3) is 0 Å². The second-order valence-corrected chi connectivity index (χ2v) is 4.51. The number of carbonyl (C=O) groups is 1. The van der Waals surface area contributed by atoms with E-state index in [9.17, 15) is 18.0 Å². The topological polar surface area (TPSA) is 41.1 Å². The van der Waals surface area contributed by atoms with E-state index in [1.807, 2.05) is 13.8 Å². The van der Waals surface area contributed by atoms with E-state index < -0.39 is 11.7 Å². The van der Waals surface area contributed by atoms with E-state index in [1.165, 1.54) is 0 Å². The number of amides is 1. The molecule has 0 unspecified atom stereocenters. The highest BCUT2D eigenvalue weighted by Crippen LogP contribution is 2.48. The molecule has 1 aliphatic carbocycles. The molecule has 1 aliphatic rings. The van der Waals surface area contributed by atoms with Gasteiger partial charge < -0.3 is 5.32 Å². The molecule has 0 heterocycles. The van der Waals surface area contributed by atoms with Crippen molar-refractivity contribution in [3.63, 3.8) is 0 Å². The van der Waals surface area contributed by atoms with Crippen molar-refractivity contribution in [2.75, 3.05) is 6.54 Å². The maximum absolute atomic E-state index is 12.5. The molecule has 6 heteroatoms. The first-order chi connectivity index (χ1) is 7.84. The predicted octanol–water partition coefficient (Wildman–Crippen LogP) is 1.98. The first-order valence-corrected chi connectivity index (χ1v) is 5.95. The summed E-state index contributed by atoms with van der Waals surface area (Å²) in [5.41, 5.74) is -1.81. The summed E-state index contributed by atoms with van der Waals surface area (Å²) < 4.78 is 37.6. The largest absolute Gasteiger partial charge is 0.406 e. The van der Waals surface area contributed by atoms with Crippen LogP contribution in [0.3, 0.4) is 0 Å². The van der Waals surface area contributed by atoms with Gasteiger partial charge in [0.2, 0.25) is 5.91 Å². The van der Waals surface area contributed by atoms with Crippen molar-refractivity contribution < 1.29 is 18.0 Å². The van der Waals surface area contributed by atoms with Crippen LogP contribution in [0.25, 0.3) is 0 Å². The van der Waals surface area contributed by atoms with Gasteiger partial charge in [-0.2, -0.15) is 13.2 Å². The molecule has 0 radical (unpaired) electrons. The number of carbonyl (C=O) groups excluding carboxylic acids is 1. The molecule has 0 aliphatic heterocycles. The minimum atomic E-state index is -4.26. The second-order valence-electron chi connectivity index (χ2n) is 4.51. The number of halogens is 3. The third-order valence-electron chi connectivity index (χ3n) is 3.23. The lowest BCUT2D eigenvalue weighted by Gasteiger charge is -2.21. The van der Waals surface area contributed by atoms with E-state index in [0.29, 0.717) is 0 Å². The normalized spacial score (nSPS) is 18.2. The van der Waals surface area contributed by atoms with E-state index >= 15 is 0 Å². The Morgan fingerprint density at radius 1 is 1.29 bits per heavy atom. The molecule has 0 aromatic heterocycles. The lowest BCUT2D eigenvalue weighted by Crippen LogP contribution is -2.50. The molecule has 0 bridgehead atoms. The summed E-state index contributed by atoms with van der Waals surface area (Å²) in [6.45, 7) is 3.59. The van der Waals surface area contributed by atoms with Crippen LogP contribution in [0, 0.1) is 0 Å². The van der Waals surface area contributed by atoms with Crippen molar-refractivity contribution in [3.8, 4) is 0 Å². The van der Waals surface area contributed by atoms with E-state index in [0.717, 1.165) is 12.8 Å². The number of nitrogens with one attached hydrogen (secondary N) is 2. The first kappa shape index (κ1) is 14.3. The molecular weight excluding hydrogens is 233 g/mol. The monoisotopic (exact) mass is 252 g/mol. The average Bonchev–Trinajstić information content (AvgIpc) is 3.03. The molecule has 1 rings (SSSR count). The Labute approximate surface area is 99.1 Å². The van der Waals surface area contributed by atoms with Crippen molar-refractivity contribution in [2.45, 2.75) is 57.3 Å². The summed E-state index contributed by atoms with van der Waals surface area (Å²) in [4.78, 5) is 11.4. The van der Waals surface area contributed by atoms with Gasteiger partial charge in [0.1, 0.15) is 5.54 Å². The zero-order chi connectivity index (χ0) is 13.1. The fraction of sp³-hybridized carbons (Fsp3) is 0.909. The zero-order valence-corrected chi connectivity index (χ0v) is 10.2. The predicted molar refractivity (Wildman–Crippen MR) is 58.5 cm³/mol. The van der Waals surface area contributed by atoms with Crippen LogP contribution < -0.4 is 10.6 Å². The van der Waals surface area contributed by atoms with Gasteiger partial charge in [-0.05, 0) is 25.7 Å². The Kier molecular flexibility index (Phi) is 4.41. The second kappa shape index (κ2) is 5.25. The Bertz CT molecular complexity index is 270. The molecule has 0 aromatic carbocycles. The molecular formula is C11H19F3N2O. The van der Waals surface area contributed by atoms with Crippen molar-refractivity contribution in [1.82, 2.24) is 10.6 Å². The fourth-order valence-corrected chi connectivity index (χ4v) is 1.71. The summed E-state index contributed by atoms with van der Waals surface area (Å²) in [6.07, 6.45) is -2.56. The first-order valence-electron chi connectivity index (χ1n) is 5.95. The van der Waals surface area contributed by atoms with Crippen LogP contribution in [0.1, 0.15) is 39.5 Å². The molecule has 17 heavy (non-hydrogen) atoms. The van der Waals surface area contributed by atoms with Gasteiger partial charge in [-0.1, -0.05) is 13.8 Å². The van der Waals surface area contributed by atoms with E-state index in [2.05, 4.69) is 10.6 Å². The standard InChI is InChI=1S/C11H19F3N2O/c1-3-8(4-2)16-9(17)7-15-10(5-6-10)11(12,13)14/h8,15H,3-7H2,1-2H3,(H,16,17). The smallest absolute Gasteiger partial charge is 0.352 e. The summed E-state index contributed by atoms with van der Waals surface area (Å²) >= 11 is 0. The Morgan fingerprint density at radius 2 is 1.82 bits per heavy atom. The third-order valence-corrected chi connectivity index (χ3v) is 3.23. The van der Waals surface area contributed by atoms with Crippen LogP contribution in [0.5, 0.6) is 0 Å².